The molecule has 18 heavy (non-hydrogen) atoms. The highest BCUT2D eigenvalue weighted by Crippen LogP contribution is 2.52. The number of fused-ring (bicyclic) bond motifs is 1. The summed E-state index contributed by atoms with van der Waals surface area (Å²) < 4.78 is 5.97. The van der Waals surface area contributed by atoms with E-state index in [1.807, 2.05) is 0 Å². The number of ether oxygens (including phenoxy) is 1. The molecule has 2 rings (SSSR count). The van der Waals surface area contributed by atoms with Crippen LogP contribution in [0.15, 0.2) is 0 Å². The van der Waals surface area contributed by atoms with Crippen molar-refractivity contribution in [2.24, 2.45) is 29.6 Å². The van der Waals surface area contributed by atoms with Crippen LogP contribution in [-0.2, 0) is 4.74 Å². The standard InChI is InChI=1S/C17H32O/c1-5-13-10-12(4)16-11-14(8-9-15(13)16)17(6-2)18-7-3/h12-17H,5-11H2,1-4H3. The summed E-state index contributed by atoms with van der Waals surface area (Å²) in [6.45, 7) is 10.2. The molecule has 0 amide bonds. The molecule has 2 fully saturated rings. The highest BCUT2D eigenvalue weighted by molar-refractivity contribution is 4.94. The third-order valence-electron chi connectivity index (χ3n) is 5.84. The second-order valence-corrected chi connectivity index (χ2v) is 6.68. The molecule has 106 valence electrons. The van der Waals surface area contributed by atoms with Gasteiger partial charge in [-0.1, -0.05) is 27.2 Å². The maximum Gasteiger partial charge on any atom is 0.0600 e. The van der Waals surface area contributed by atoms with Crippen molar-refractivity contribution in [2.45, 2.75) is 72.3 Å². The predicted octanol–water partition coefficient (Wildman–Crippen LogP) is 4.90. The number of rotatable bonds is 5. The quantitative estimate of drug-likeness (QED) is 0.676. The molecular weight excluding hydrogens is 220 g/mol. The maximum absolute atomic E-state index is 5.97. The first kappa shape index (κ1) is 14.4. The largest absolute Gasteiger partial charge is 0.378 e. The molecule has 6 unspecified atom stereocenters. The van der Waals surface area contributed by atoms with Gasteiger partial charge in [-0.05, 0) is 68.6 Å². The van der Waals surface area contributed by atoms with Gasteiger partial charge in [0, 0.05) is 6.61 Å². The first-order valence-electron chi connectivity index (χ1n) is 8.32. The monoisotopic (exact) mass is 252 g/mol. The zero-order chi connectivity index (χ0) is 13.1. The summed E-state index contributed by atoms with van der Waals surface area (Å²) in [5.41, 5.74) is 0. The molecule has 0 saturated heterocycles. The van der Waals surface area contributed by atoms with Crippen molar-refractivity contribution < 1.29 is 4.74 Å². The summed E-state index contributed by atoms with van der Waals surface area (Å²) in [4.78, 5) is 0. The summed E-state index contributed by atoms with van der Waals surface area (Å²) >= 11 is 0. The molecule has 0 aromatic heterocycles. The van der Waals surface area contributed by atoms with E-state index in [2.05, 4.69) is 27.7 Å². The molecule has 0 aromatic carbocycles. The second-order valence-electron chi connectivity index (χ2n) is 6.68. The van der Waals surface area contributed by atoms with Gasteiger partial charge in [-0.25, -0.2) is 0 Å². The fourth-order valence-electron chi connectivity index (χ4n) is 4.94. The zero-order valence-electron chi connectivity index (χ0n) is 12.8. The van der Waals surface area contributed by atoms with Crippen LogP contribution in [0, 0.1) is 29.6 Å². The zero-order valence-corrected chi connectivity index (χ0v) is 12.8. The van der Waals surface area contributed by atoms with E-state index >= 15 is 0 Å². The van der Waals surface area contributed by atoms with Crippen LogP contribution in [0.2, 0.25) is 0 Å². The fourth-order valence-corrected chi connectivity index (χ4v) is 4.94. The highest BCUT2D eigenvalue weighted by Gasteiger charge is 2.44. The van der Waals surface area contributed by atoms with Crippen molar-refractivity contribution in [1.82, 2.24) is 0 Å². The Balaban J connectivity index is 1.97. The molecule has 0 aromatic rings. The van der Waals surface area contributed by atoms with Crippen molar-refractivity contribution in [3.8, 4) is 0 Å². The first-order chi connectivity index (χ1) is 8.71. The van der Waals surface area contributed by atoms with Crippen molar-refractivity contribution in [3.63, 3.8) is 0 Å². The molecule has 0 radical (unpaired) electrons. The van der Waals surface area contributed by atoms with Gasteiger partial charge in [-0.3, -0.25) is 0 Å². The van der Waals surface area contributed by atoms with Gasteiger partial charge in [0.15, 0.2) is 0 Å². The molecule has 2 aliphatic carbocycles. The van der Waals surface area contributed by atoms with Crippen LogP contribution in [0.5, 0.6) is 0 Å². The lowest BCUT2D eigenvalue weighted by atomic mass is 9.69. The van der Waals surface area contributed by atoms with Gasteiger partial charge in [0.05, 0.1) is 6.10 Å². The summed E-state index contributed by atoms with van der Waals surface area (Å²) in [6, 6.07) is 0. The van der Waals surface area contributed by atoms with E-state index in [0.29, 0.717) is 6.10 Å². The van der Waals surface area contributed by atoms with Gasteiger partial charge in [0.25, 0.3) is 0 Å². The minimum Gasteiger partial charge on any atom is -0.378 e. The molecule has 2 saturated carbocycles. The van der Waals surface area contributed by atoms with Crippen molar-refractivity contribution in [3.05, 3.63) is 0 Å². The minimum absolute atomic E-state index is 0.531. The van der Waals surface area contributed by atoms with Crippen molar-refractivity contribution in [1.29, 1.82) is 0 Å². The van der Waals surface area contributed by atoms with Gasteiger partial charge in [-0.15, -0.1) is 0 Å². The highest BCUT2D eigenvalue weighted by atomic mass is 16.5. The normalized spacial score (nSPS) is 41.7. The molecule has 6 atom stereocenters. The van der Waals surface area contributed by atoms with E-state index in [9.17, 15) is 0 Å². The molecule has 0 N–H and O–H groups in total. The summed E-state index contributed by atoms with van der Waals surface area (Å²) in [5.74, 6) is 4.87. The average molecular weight is 252 g/mol. The Bertz CT molecular complexity index is 250. The molecule has 2 aliphatic rings. The van der Waals surface area contributed by atoms with Gasteiger partial charge in [0.1, 0.15) is 0 Å². The van der Waals surface area contributed by atoms with E-state index in [4.69, 9.17) is 4.74 Å². The minimum atomic E-state index is 0.531. The third-order valence-corrected chi connectivity index (χ3v) is 5.84. The summed E-state index contributed by atoms with van der Waals surface area (Å²) in [5, 5.41) is 0. The van der Waals surface area contributed by atoms with E-state index in [1.165, 1.54) is 38.5 Å². The Morgan fingerprint density at radius 1 is 1.06 bits per heavy atom. The molecule has 0 bridgehead atoms. The van der Waals surface area contributed by atoms with Gasteiger partial charge >= 0.3 is 0 Å². The molecular formula is C17H32O. The molecule has 0 spiro atoms. The lowest BCUT2D eigenvalue weighted by Gasteiger charge is -2.38. The Labute approximate surface area is 114 Å². The first-order valence-corrected chi connectivity index (χ1v) is 8.32. The van der Waals surface area contributed by atoms with Crippen molar-refractivity contribution >= 4 is 0 Å². The van der Waals surface area contributed by atoms with Crippen LogP contribution in [0.4, 0.5) is 0 Å². The molecule has 0 aliphatic heterocycles. The third kappa shape index (κ3) is 2.76. The van der Waals surface area contributed by atoms with Gasteiger partial charge in [-0.2, -0.15) is 0 Å². The lowest BCUT2D eigenvalue weighted by molar-refractivity contribution is -0.0146. The van der Waals surface area contributed by atoms with E-state index in [-0.39, 0.29) is 0 Å². The maximum atomic E-state index is 5.97. The Morgan fingerprint density at radius 3 is 2.44 bits per heavy atom. The SMILES string of the molecule is CCOC(CC)C1CCC2C(CC)CC(C)C2C1. The summed E-state index contributed by atoms with van der Waals surface area (Å²) in [7, 11) is 0. The lowest BCUT2D eigenvalue weighted by Crippen LogP contribution is -2.33. The number of hydrogen-bond donors (Lipinski definition) is 0. The molecule has 1 nitrogen and oxygen atoms in total. The Morgan fingerprint density at radius 2 is 1.83 bits per heavy atom. The molecule has 0 heterocycles. The van der Waals surface area contributed by atoms with Crippen LogP contribution >= 0.6 is 0 Å². The van der Waals surface area contributed by atoms with Crippen LogP contribution in [0.3, 0.4) is 0 Å². The predicted molar refractivity (Wildman–Crippen MR) is 77.6 cm³/mol. The van der Waals surface area contributed by atoms with Crippen molar-refractivity contribution in [2.75, 3.05) is 6.61 Å². The van der Waals surface area contributed by atoms with Crippen LogP contribution in [0.25, 0.3) is 0 Å². The average Bonchev–Trinajstić information content (AvgIpc) is 2.72. The Kier molecular flexibility index (Phi) is 5.12. The summed E-state index contributed by atoms with van der Waals surface area (Å²) in [6.07, 6.45) is 8.96. The van der Waals surface area contributed by atoms with E-state index < -0.39 is 0 Å². The van der Waals surface area contributed by atoms with Gasteiger partial charge < -0.3 is 4.74 Å². The van der Waals surface area contributed by atoms with Crippen LogP contribution in [0.1, 0.15) is 66.2 Å². The smallest absolute Gasteiger partial charge is 0.0600 e. The van der Waals surface area contributed by atoms with E-state index in [0.717, 1.165) is 36.2 Å². The fraction of sp³-hybridized carbons (Fsp3) is 1.00. The Hall–Kier alpha value is -0.0400. The topological polar surface area (TPSA) is 9.23 Å². The molecule has 1 heteroatoms. The van der Waals surface area contributed by atoms with Gasteiger partial charge in [0.2, 0.25) is 0 Å². The second kappa shape index (κ2) is 6.41. The number of hydrogen-bond acceptors (Lipinski definition) is 1. The van der Waals surface area contributed by atoms with Crippen LogP contribution < -0.4 is 0 Å². The van der Waals surface area contributed by atoms with Crippen LogP contribution in [-0.4, -0.2) is 12.7 Å². The van der Waals surface area contributed by atoms with E-state index in [1.54, 1.807) is 0 Å².